The highest BCUT2D eigenvalue weighted by Gasteiger charge is 2.19. The maximum absolute atomic E-state index is 13.1. The number of hydrogen-bond donors (Lipinski definition) is 1. The van der Waals surface area contributed by atoms with E-state index in [1.807, 2.05) is 0 Å². The molecule has 5 nitrogen and oxygen atoms in total. The van der Waals surface area contributed by atoms with Gasteiger partial charge in [0.1, 0.15) is 5.82 Å². The summed E-state index contributed by atoms with van der Waals surface area (Å²) in [4.78, 5) is 38.4. The third-order valence-corrected chi connectivity index (χ3v) is 4.75. The van der Waals surface area contributed by atoms with Crippen molar-refractivity contribution in [1.29, 1.82) is 0 Å². The fraction of sp³-hybridized carbons (Fsp3) is 0.286. The van der Waals surface area contributed by atoms with Gasteiger partial charge in [0.15, 0.2) is 5.78 Å². The van der Waals surface area contributed by atoms with Gasteiger partial charge in [-0.05, 0) is 50.2 Å². The largest absolute Gasteiger partial charge is 0.346 e. The topological polar surface area (TPSA) is 66.5 Å². The molecule has 0 aliphatic carbocycles. The van der Waals surface area contributed by atoms with Crippen LogP contribution in [0.2, 0.25) is 0 Å². The van der Waals surface area contributed by atoms with E-state index in [1.165, 1.54) is 29.2 Å². The Morgan fingerprint density at radius 2 is 1.64 bits per heavy atom. The lowest BCUT2D eigenvalue weighted by molar-refractivity contribution is -0.125. The molecule has 1 atom stereocenters. The molecule has 0 saturated heterocycles. The standard InChI is InChI=1S/C21H22BrFN2O3/c1-3-25(18-10-8-17(23)9-11-18)20(27)13-12-19(26)24-14(2)21(28)15-4-6-16(22)7-5-15/h4-11,14H,3,12-13H2,1-2H3,(H,24,26)/t14-/m0/s1. The van der Waals surface area contributed by atoms with E-state index in [2.05, 4.69) is 21.2 Å². The molecule has 148 valence electrons. The Bertz CT molecular complexity index is 838. The molecule has 2 aromatic carbocycles. The number of Topliss-reactive ketones (excluding diaryl/α,β-unsaturated/α-hetero) is 1. The maximum Gasteiger partial charge on any atom is 0.227 e. The Morgan fingerprint density at radius 3 is 2.21 bits per heavy atom. The fourth-order valence-electron chi connectivity index (χ4n) is 2.72. The molecule has 1 N–H and O–H groups in total. The van der Waals surface area contributed by atoms with Crippen LogP contribution in [-0.4, -0.2) is 30.2 Å². The maximum atomic E-state index is 13.1. The van der Waals surface area contributed by atoms with Gasteiger partial charge in [0.2, 0.25) is 11.8 Å². The van der Waals surface area contributed by atoms with Crippen LogP contribution in [0.25, 0.3) is 0 Å². The van der Waals surface area contributed by atoms with Gasteiger partial charge in [-0.3, -0.25) is 14.4 Å². The number of ketones is 1. The summed E-state index contributed by atoms with van der Waals surface area (Å²) in [5.74, 6) is -1.19. The summed E-state index contributed by atoms with van der Waals surface area (Å²) in [7, 11) is 0. The zero-order valence-corrected chi connectivity index (χ0v) is 17.3. The Morgan fingerprint density at radius 1 is 1.04 bits per heavy atom. The number of amides is 2. The third kappa shape index (κ3) is 5.99. The number of nitrogens with zero attached hydrogens (tertiary/aromatic N) is 1. The summed E-state index contributed by atoms with van der Waals surface area (Å²) < 4.78 is 13.9. The smallest absolute Gasteiger partial charge is 0.227 e. The molecule has 0 aliphatic heterocycles. The molecule has 7 heteroatoms. The van der Waals surface area contributed by atoms with Crippen molar-refractivity contribution in [3.63, 3.8) is 0 Å². The lowest BCUT2D eigenvalue weighted by Gasteiger charge is -2.21. The number of rotatable bonds is 8. The highest BCUT2D eigenvalue weighted by atomic mass is 79.9. The molecular formula is C21H22BrFN2O3. The lowest BCUT2D eigenvalue weighted by Crippen LogP contribution is -2.39. The summed E-state index contributed by atoms with van der Waals surface area (Å²) in [6.45, 7) is 3.83. The number of hydrogen-bond acceptors (Lipinski definition) is 3. The molecule has 2 aromatic rings. The van der Waals surface area contributed by atoms with Gasteiger partial charge < -0.3 is 10.2 Å². The first kappa shape index (κ1) is 21.8. The highest BCUT2D eigenvalue weighted by Crippen LogP contribution is 2.16. The molecule has 0 aromatic heterocycles. The van der Waals surface area contributed by atoms with Crippen LogP contribution in [0.5, 0.6) is 0 Å². The van der Waals surface area contributed by atoms with E-state index >= 15 is 0 Å². The van der Waals surface area contributed by atoms with E-state index in [0.717, 1.165) is 4.47 Å². The molecule has 28 heavy (non-hydrogen) atoms. The minimum atomic E-state index is -0.692. The van der Waals surface area contributed by atoms with E-state index < -0.39 is 6.04 Å². The SMILES string of the molecule is CCN(C(=O)CCC(=O)N[C@@H](C)C(=O)c1ccc(Br)cc1)c1ccc(F)cc1. The average Bonchev–Trinajstić information content (AvgIpc) is 2.68. The minimum absolute atomic E-state index is 0.00373. The van der Waals surface area contributed by atoms with E-state index in [4.69, 9.17) is 0 Å². The highest BCUT2D eigenvalue weighted by molar-refractivity contribution is 9.10. The van der Waals surface area contributed by atoms with Crippen molar-refractivity contribution >= 4 is 39.2 Å². The monoisotopic (exact) mass is 448 g/mol. The van der Waals surface area contributed by atoms with Crippen molar-refractivity contribution in [2.45, 2.75) is 32.7 Å². The Kier molecular flexibility index (Phi) is 7.87. The first-order valence-electron chi connectivity index (χ1n) is 8.97. The molecule has 2 rings (SSSR count). The molecule has 0 radical (unpaired) electrons. The first-order valence-corrected chi connectivity index (χ1v) is 9.76. The van der Waals surface area contributed by atoms with Gasteiger partial charge in [0.25, 0.3) is 0 Å². The zero-order valence-electron chi connectivity index (χ0n) is 15.7. The molecule has 0 bridgehead atoms. The number of nitrogens with one attached hydrogen (secondary N) is 1. The Balaban J connectivity index is 1.88. The molecular weight excluding hydrogens is 427 g/mol. The first-order chi connectivity index (χ1) is 13.3. The van der Waals surface area contributed by atoms with Crippen LogP contribution in [-0.2, 0) is 9.59 Å². The number of halogens is 2. The van der Waals surface area contributed by atoms with Crippen LogP contribution >= 0.6 is 15.9 Å². The lowest BCUT2D eigenvalue weighted by atomic mass is 10.1. The molecule has 0 fully saturated rings. The molecule has 0 saturated carbocycles. The second kappa shape index (κ2) is 10.1. The van der Waals surface area contributed by atoms with Crippen LogP contribution in [0, 0.1) is 5.82 Å². The van der Waals surface area contributed by atoms with Crippen LogP contribution in [0.3, 0.4) is 0 Å². The van der Waals surface area contributed by atoms with Crippen molar-refractivity contribution in [3.8, 4) is 0 Å². The summed E-state index contributed by atoms with van der Waals surface area (Å²) in [6, 6.07) is 11.8. The quantitative estimate of drug-likeness (QED) is 0.617. The van der Waals surface area contributed by atoms with Crippen molar-refractivity contribution < 1.29 is 18.8 Å². The summed E-state index contributed by atoms with van der Waals surface area (Å²) in [5.41, 5.74) is 1.08. The third-order valence-electron chi connectivity index (χ3n) is 4.22. The van der Waals surface area contributed by atoms with Crippen LogP contribution in [0.4, 0.5) is 10.1 Å². The van der Waals surface area contributed by atoms with E-state index in [0.29, 0.717) is 17.8 Å². The second-order valence-electron chi connectivity index (χ2n) is 6.27. The number of anilines is 1. The Labute approximate surface area is 172 Å². The van der Waals surface area contributed by atoms with Crippen LogP contribution in [0.15, 0.2) is 53.0 Å². The normalized spacial score (nSPS) is 11.6. The van der Waals surface area contributed by atoms with E-state index in [9.17, 15) is 18.8 Å². The second-order valence-corrected chi connectivity index (χ2v) is 7.19. The van der Waals surface area contributed by atoms with Gasteiger partial charge in [-0.25, -0.2) is 4.39 Å². The van der Waals surface area contributed by atoms with Crippen LogP contribution < -0.4 is 10.2 Å². The molecule has 0 spiro atoms. The van der Waals surface area contributed by atoms with E-state index in [-0.39, 0.29) is 36.3 Å². The molecule has 2 amide bonds. The number of benzene rings is 2. The van der Waals surface area contributed by atoms with Gasteiger partial charge in [0.05, 0.1) is 6.04 Å². The van der Waals surface area contributed by atoms with Crippen molar-refractivity contribution in [1.82, 2.24) is 5.32 Å². The predicted molar refractivity (Wildman–Crippen MR) is 110 cm³/mol. The van der Waals surface area contributed by atoms with Gasteiger partial charge in [-0.15, -0.1) is 0 Å². The van der Waals surface area contributed by atoms with Crippen molar-refractivity contribution in [2.24, 2.45) is 0 Å². The van der Waals surface area contributed by atoms with Crippen molar-refractivity contribution in [3.05, 3.63) is 64.4 Å². The van der Waals surface area contributed by atoms with Gasteiger partial charge in [0, 0.05) is 35.1 Å². The van der Waals surface area contributed by atoms with Gasteiger partial charge >= 0.3 is 0 Å². The van der Waals surface area contributed by atoms with Gasteiger partial charge in [-0.1, -0.05) is 28.1 Å². The fourth-order valence-corrected chi connectivity index (χ4v) is 2.99. The van der Waals surface area contributed by atoms with E-state index in [1.54, 1.807) is 38.1 Å². The summed E-state index contributed by atoms with van der Waals surface area (Å²) >= 11 is 3.31. The molecule has 0 aliphatic rings. The molecule has 0 heterocycles. The molecule has 0 unspecified atom stereocenters. The minimum Gasteiger partial charge on any atom is -0.346 e. The van der Waals surface area contributed by atoms with Gasteiger partial charge in [-0.2, -0.15) is 0 Å². The Hall–Kier alpha value is -2.54. The number of carbonyl (C=O) groups is 3. The summed E-state index contributed by atoms with van der Waals surface area (Å²) in [6.07, 6.45) is -0.0370. The van der Waals surface area contributed by atoms with Crippen LogP contribution in [0.1, 0.15) is 37.0 Å². The summed E-state index contributed by atoms with van der Waals surface area (Å²) in [5, 5.41) is 2.63. The average molecular weight is 449 g/mol. The number of carbonyl (C=O) groups excluding carboxylic acids is 3. The van der Waals surface area contributed by atoms with Crippen molar-refractivity contribution in [2.75, 3.05) is 11.4 Å². The predicted octanol–water partition coefficient (Wildman–Crippen LogP) is 4.11. The zero-order chi connectivity index (χ0) is 20.7.